The highest BCUT2D eigenvalue weighted by Gasteiger charge is 2.63. The quantitative estimate of drug-likeness (QED) is 0.799. The second-order valence-electron chi connectivity index (χ2n) is 7.84. The second-order valence-corrected chi connectivity index (χ2v) is 9.61. The van der Waals surface area contributed by atoms with Crippen LogP contribution in [-0.4, -0.2) is 45.0 Å². The van der Waals surface area contributed by atoms with Crippen molar-refractivity contribution in [1.29, 1.82) is 5.26 Å². The predicted molar refractivity (Wildman–Crippen MR) is 101 cm³/mol. The average molecular weight is 388 g/mol. The Balaban J connectivity index is 1.44. The van der Waals surface area contributed by atoms with Crippen molar-refractivity contribution in [2.45, 2.75) is 61.7 Å². The summed E-state index contributed by atoms with van der Waals surface area (Å²) in [4.78, 5) is 14.2. The molecule has 3 fully saturated rings. The first-order chi connectivity index (χ1) is 12.9. The zero-order valence-corrected chi connectivity index (χ0v) is 16.3. The molecule has 144 valence electrons. The van der Waals surface area contributed by atoms with E-state index in [-0.39, 0.29) is 22.3 Å². The largest absolute Gasteiger partial charge is 0.465 e. The van der Waals surface area contributed by atoms with E-state index in [0.29, 0.717) is 11.3 Å². The molecule has 3 aliphatic rings. The molecule has 0 saturated carbocycles. The molecule has 0 aliphatic carbocycles. The third kappa shape index (κ3) is 3.20. The maximum Gasteiger partial charge on any atom is 0.233 e. The molecule has 1 N–H and O–H groups in total. The van der Waals surface area contributed by atoms with Crippen LogP contribution in [-0.2, 0) is 9.53 Å². The van der Waals surface area contributed by atoms with Crippen LogP contribution in [0.3, 0.4) is 0 Å². The van der Waals surface area contributed by atoms with Crippen molar-refractivity contribution in [3.05, 3.63) is 29.8 Å². The van der Waals surface area contributed by atoms with Crippen LogP contribution < -0.4 is 4.74 Å². The Morgan fingerprint density at radius 2 is 2.11 bits per heavy atom. The van der Waals surface area contributed by atoms with Crippen LogP contribution in [0.5, 0.6) is 5.75 Å². The van der Waals surface area contributed by atoms with Crippen LogP contribution in [0.2, 0.25) is 0 Å². The summed E-state index contributed by atoms with van der Waals surface area (Å²) in [7, 11) is 0. The number of aliphatic hydroxyl groups excluding tert-OH is 1. The Hall–Kier alpha value is -1.75. The summed E-state index contributed by atoms with van der Waals surface area (Å²) in [6, 6.07) is 8.99. The van der Waals surface area contributed by atoms with E-state index in [0.717, 1.165) is 25.9 Å². The third-order valence-corrected chi connectivity index (χ3v) is 7.16. The molecule has 1 amide bonds. The molecule has 6 nitrogen and oxygen atoms in total. The number of benzene rings is 1. The molecular weight excluding hydrogens is 364 g/mol. The van der Waals surface area contributed by atoms with E-state index < -0.39 is 18.1 Å². The maximum atomic E-state index is 12.6. The minimum absolute atomic E-state index is 0.145. The zero-order chi connectivity index (χ0) is 19.2. The Morgan fingerprint density at radius 3 is 2.74 bits per heavy atom. The number of amides is 1. The fourth-order valence-corrected chi connectivity index (χ4v) is 5.71. The first-order valence-corrected chi connectivity index (χ1v) is 10.3. The van der Waals surface area contributed by atoms with Gasteiger partial charge in [-0.05, 0) is 44.4 Å². The van der Waals surface area contributed by atoms with Gasteiger partial charge in [-0.15, -0.1) is 11.8 Å². The molecule has 2 unspecified atom stereocenters. The number of β-lactam (4-membered cyclic amide) rings is 1. The van der Waals surface area contributed by atoms with Gasteiger partial charge in [0, 0.05) is 11.2 Å². The first-order valence-electron chi connectivity index (χ1n) is 9.38. The van der Waals surface area contributed by atoms with Gasteiger partial charge in [0.05, 0.1) is 30.1 Å². The van der Waals surface area contributed by atoms with Crippen molar-refractivity contribution in [3.63, 3.8) is 0 Å². The van der Waals surface area contributed by atoms with E-state index in [4.69, 9.17) is 9.47 Å². The van der Waals surface area contributed by atoms with Gasteiger partial charge in [-0.3, -0.25) is 4.79 Å². The molecular formula is C20H24N2O4S. The molecule has 3 saturated heterocycles. The number of nitriles is 1. The number of thioether (sulfide) groups is 1. The van der Waals surface area contributed by atoms with Crippen LogP contribution in [0.25, 0.3) is 0 Å². The van der Waals surface area contributed by atoms with Gasteiger partial charge in [0.1, 0.15) is 11.8 Å². The van der Waals surface area contributed by atoms with Crippen molar-refractivity contribution in [2.24, 2.45) is 5.92 Å². The molecule has 0 bridgehead atoms. The molecule has 1 aromatic carbocycles. The lowest BCUT2D eigenvalue weighted by molar-refractivity contribution is -0.159. The van der Waals surface area contributed by atoms with E-state index in [1.165, 1.54) is 0 Å². The maximum absolute atomic E-state index is 12.6. The van der Waals surface area contributed by atoms with Gasteiger partial charge in [0.2, 0.25) is 5.91 Å². The van der Waals surface area contributed by atoms with Gasteiger partial charge in [0.15, 0.2) is 6.29 Å². The number of carbonyl (C=O) groups is 1. The molecule has 7 heteroatoms. The molecule has 1 aromatic rings. The highest BCUT2D eigenvalue weighted by Crippen LogP contribution is 2.55. The van der Waals surface area contributed by atoms with Crippen LogP contribution in [0, 0.1) is 17.2 Å². The molecule has 27 heavy (non-hydrogen) atoms. The predicted octanol–water partition coefficient (Wildman–Crippen LogP) is 2.83. The van der Waals surface area contributed by atoms with Gasteiger partial charge in [0.25, 0.3) is 0 Å². The Kier molecular flexibility index (Phi) is 4.83. The normalized spacial score (nSPS) is 33.0. The number of aliphatic hydroxyl groups is 1. The lowest BCUT2D eigenvalue weighted by Crippen LogP contribution is -2.61. The van der Waals surface area contributed by atoms with Crippen molar-refractivity contribution in [3.8, 4) is 11.8 Å². The second kappa shape index (κ2) is 7.01. The number of rotatable bonds is 4. The van der Waals surface area contributed by atoms with Crippen LogP contribution in [0.4, 0.5) is 0 Å². The number of carbonyl (C=O) groups excluding carboxylic acids is 1. The SMILES string of the molecule is CC1(C)S[C@@H]2[C@@H](C(O)c3ccc(OC4CCCCO4)cc3)C(=O)N2[C@H]1C#N. The van der Waals surface area contributed by atoms with Crippen molar-refractivity contribution in [2.75, 3.05) is 6.61 Å². The summed E-state index contributed by atoms with van der Waals surface area (Å²) in [5.74, 6) is 0.0365. The van der Waals surface area contributed by atoms with E-state index >= 15 is 0 Å². The summed E-state index contributed by atoms with van der Waals surface area (Å²) in [5, 5.41) is 20.0. The first kappa shape index (κ1) is 18.6. The van der Waals surface area contributed by atoms with Gasteiger partial charge < -0.3 is 19.5 Å². The summed E-state index contributed by atoms with van der Waals surface area (Å²) in [6.07, 6.45) is 1.95. The minimum Gasteiger partial charge on any atom is -0.465 e. The zero-order valence-electron chi connectivity index (χ0n) is 15.5. The standard InChI is InChI=1S/C20H24N2O4S/c1-20(2)14(11-21)22-18(24)16(19(22)27-20)17(23)12-6-8-13(9-7-12)26-15-5-3-4-10-25-15/h6-9,14-17,19,23H,3-5,10H2,1-2H3/t14-,15?,16-,17?,19+/m0/s1. The van der Waals surface area contributed by atoms with Gasteiger partial charge in [-0.25, -0.2) is 0 Å². The van der Waals surface area contributed by atoms with E-state index in [1.54, 1.807) is 40.9 Å². The van der Waals surface area contributed by atoms with Gasteiger partial charge in [-0.1, -0.05) is 12.1 Å². The van der Waals surface area contributed by atoms with E-state index in [9.17, 15) is 15.2 Å². The molecule has 0 aromatic heterocycles. The number of hydrogen-bond acceptors (Lipinski definition) is 6. The molecule has 0 spiro atoms. The van der Waals surface area contributed by atoms with Crippen LogP contribution in [0.15, 0.2) is 24.3 Å². The minimum atomic E-state index is -0.889. The highest BCUT2D eigenvalue weighted by atomic mass is 32.2. The summed E-state index contributed by atoms with van der Waals surface area (Å²) in [5.41, 5.74) is 0.684. The molecule has 5 atom stereocenters. The fourth-order valence-electron chi connectivity index (χ4n) is 4.04. The van der Waals surface area contributed by atoms with Gasteiger partial charge >= 0.3 is 0 Å². The van der Waals surface area contributed by atoms with E-state index in [2.05, 4.69) is 6.07 Å². The summed E-state index contributed by atoms with van der Waals surface area (Å²) < 4.78 is 11.1. The molecule has 3 heterocycles. The monoisotopic (exact) mass is 388 g/mol. The van der Waals surface area contributed by atoms with Crippen LogP contribution >= 0.6 is 11.8 Å². The van der Waals surface area contributed by atoms with Crippen LogP contribution in [0.1, 0.15) is 44.8 Å². The van der Waals surface area contributed by atoms with Crippen molar-refractivity contribution >= 4 is 17.7 Å². The summed E-state index contributed by atoms with van der Waals surface area (Å²) in [6.45, 7) is 4.67. The smallest absolute Gasteiger partial charge is 0.233 e. The lowest BCUT2D eigenvalue weighted by Gasteiger charge is -2.45. The van der Waals surface area contributed by atoms with Crippen molar-refractivity contribution < 1.29 is 19.4 Å². The Bertz CT molecular complexity index is 754. The lowest BCUT2D eigenvalue weighted by atomic mass is 9.85. The van der Waals surface area contributed by atoms with E-state index in [1.807, 2.05) is 13.8 Å². The highest BCUT2D eigenvalue weighted by molar-refractivity contribution is 8.01. The number of hydrogen-bond donors (Lipinski definition) is 1. The number of nitrogens with zero attached hydrogens (tertiary/aromatic N) is 2. The Morgan fingerprint density at radius 1 is 1.37 bits per heavy atom. The third-order valence-electron chi connectivity index (χ3n) is 5.57. The molecule has 3 aliphatic heterocycles. The number of fused-ring (bicyclic) bond motifs is 1. The molecule has 0 radical (unpaired) electrons. The average Bonchev–Trinajstić information content (AvgIpc) is 2.90. The summed E-state index contributed by atoms with van der Waals surface area (Å²) >= 11 is 1.59. The number of ether oxygens (including phenoxy) is 2. The fraction of sp³-hybridized carbons (Fsp3) is 0.600. The van der Waals surface area contributed by atoms with Gasteiger partial charge in [-0.2, -0.15) is 5.26 Å². The van der Waals surface area contributed by atoms with Crippen molar-refractivity contribution in [1.82, 2.24) is 4.90 Å². The topological polar surface area (TPSA) is 82.8 Å². The Labute approximate surface area is 163 Å². The molecule has 4 rings (SSSR count).